The van der Waals surface area contributed by atoms with Gasteiger partial charge in [0.15, 0.2) is 0 Å². The van der Waals surface area contributed by atoms with Gasteiger partial charge in [-0.25, -0.2) is 0 Å². The number of carboxylic acid groups (broad SMARTS) is 1. The molecule has 0 aromatic heterocycles. The summed E-state index contributed by atoms with van der Waals surface area (Å²) in [5.74, 6) is -0.132. The highest BCUT2D eigenvalue weighted by atomic mass is 16.4. The van der Waals surface area contributed by atoms with Crippen molar-refractivity contribution in [2.75, 3.05) is 13.1 Å². The number of aliphatic hydroxyl groups excluding tert-OH is 1. The molecule has 2 N–H and O–H groups in total. The molecule has 0 bridgehead atoms. The highest BCUT2D eigenvalue weighted by molar-refractivity contribution is 5.75. The van der Waals surface area contributed by atoms with Gasteiger partial charge in [-0.1, -0.05) is 24.3 Å². The van der Waals surface area contributed by atoms with Gasteiger partial charge >= 0.3 is 5.97 Å². The molecule has 1 saturated heterocycles. The normalized spacial score (nSPS) is 30.3. The van der Waals surface area contributed by atoms with Crippen LogP contribution in [0.4, 0.5) is 0 Å². The van der Waals surface area contributed by atoms with Crippen molar-refractivity contribution >= 4 is 5.97 Å². The summed E-state index contributed by atoms with van der Waals surface area (Å²) >= 11 is 0. The van der Waals surface area contributed by atoms with Gasteiger partial charge in [0.05, 0.1) is 12.0 Å². The number of benzene rings is 1. The maximum atomic E-state index is 11.0. The van der Waals surface area contributed by atoms with E-state index in [4.69, 9.17) is 5.11 Å². The maximum Gasteiger partial charge on any atom is 0.310 e. The predicted molar refractivity (Wildman–Crippen MR) is 80.0 cm³/mol. The van der Waals surface area contributed by atoms with Crippen molar-refractivity contribution in [2.24, 2.45) is 11.8 Å². The Morgan fingerprint density at radius 1 is 1.29 bits per heavy atom. The van der Waals surface area contributed by atoms with Crippen LogP contribution in [0.25, 0.3) is 0 Å². The Morgan fingerprint density at radius 2 is 2.00 bits per heavy atom. The zero-order valence-corrected chi connectivity index (χ0v) is 12.4. The highest BCUT2D eigenvalue weighted by Gasteiger charge is 2.41. The number of fused-ring (bicyclic) bond motifs is 1. The average molecular weight is 289 g/mol. The summed E-state index contributed by atoms with van der Waals surface area (Å²) in [5, 5.41) is 19.0. The third kappa shape index (κ3) is 2.97. The van der Waals surface area contributed by atoms with E-state index in [1.807, 2.05) is 24.3 Å². The van der Waals surface area contributed by atoms with Crippen LogP contribution in [0.2, 0.25) is 0 Å². The molecule has 2 aliphatic rings. The lowest BCUT2D eigenvalue weighted by Gasteiger charge is -2.18. The third-order valence-corrected chi connectivity index (χ3v) is 5.15. The van der Waals surface area contributed by atoms with Crippen molar-refractivity contribution in [1.82, 2.24) is 4.90 Å². The first-order chi connectivity index (χ1) is 10.0. The lowest BCUT2D eigenvalue weighted by Crippen LogP contribution is -2.24. The average Bonchev–Trinajstić information content (AvgIpc) is 3.01. The molecule has 1 aromatic rings. The monoisotopic (exact) mass is 289 g/mol. The number of rotatable bonds is 4. The largest absolute Gasteiger partial charge is 0.481 e. The zero-order valence-electron chi connectivity index (χ0n) is 12.4. The van der Waals surface area contributed by atoms with Crippen LogP contribution >= 0.6 is 0 Å². The molecule has 4 nitrogen and oxygen atoms in total. The number of aliphatic hydroxyl groups is 1. The van der Waals surface area contributed by atoms with Crippen molar-refractivity contribution < 1.29 is 15.0 Å². The van der Waals surface area contributed by atoms with Crippen molar-refractivity contribution in [3.63, 3.8) is 0 Å². The zero-order chi connectivity index (χ0) is 15.0. The van der Waals surface area contributed by atoms with Crippen LogP contribution in [0.1, 0.15) is 36.8 Å². The molecule has 0 radical (unpaired) electrons. The van der Waals surface area contributed by atoms with E-state index in [9.17, 15) is 9.90 Å². The van der Waals surface area contributed by atoms with Gasteiger partial charge in [-0.2, -0.15) is 0 Å². The minimum Gasteiger partial charge on any atom is -0.481 e. The summed E-state index contributed by atoms with van der Waals surface area (Å²) in [5.41, 5.74) is 2.06. The lowest BCUT2D eigenvalue weighted by molar-refractivity contribution is -0.138. The molecule has 1 aliphatic heterocycles. The van der Waals surface area contributed by atoms with Crippen LogP contribution < -0.4 is 0 Å². The van der Waals surface area contributed by atoms with E-state index in [0.29, 0.717) is 11.8 Å². The second kappa shape index (κ2) is 5.78. The lowest BCUT2D eigenvalue weighted by atomic mass is 9.99. The van der Waals surface area contributed by atoms with Gasteiger partial charge in [0, 0.05) is 25.6 Å². The molecule has 4 heteroatoms. The first-order valence-corrected chi connectivity index (χ1v) is 7.76. The summed E-state index contributed by atoms with van der Waals surface area (Å²) < 4.78 is 0. The van der Waals surface area contributed by atoms with Gasteiger partial charge in [0.25, 0.3) is 0 Å². The Hall–Kier alpha value is -1.39. The summed E-state index contributed by atoms with van der Waals surface area (Å²) in [7, 11) is 0. The molecule has 0 spiro atoms. The standard InChI is InChI=1S/C17H23NO3/c1-11(17(20)21)13-4-2-12(3-5-13)8-18-9-14-6-7-16(19)15(14)10-18/h2-5,11,14-16,19H,6-10H2,1H3,(H,20,21). The van der Waals surface area contributed by atoms with Gasteiger partial charge in [0.2, 0.25) is 0 Å². The molecule has 1 aliphatic carbocycles. The molecule has 0 amide bonds. The Morgan fingerprint density at radius 3 is 2.62 bits per heavy atom. The molecule has 4 atom stereocenters. The van der Waals surface area contributed by atoms with E-state index in [-0.39, 0.29) is 6.10 Å². The number of hydrogen-bond acceptors (Lipinski definition) is 3. The molecule has 4 unspecified atom stereocenters. The third-order valence-electron chi connectivity index (χ3n) is 5.15. The fourth-order valence-corrected chi connectivity index (χ4v) is 3.77. The Kier molecular flexibility index (Phi) is 4.00. The fourth-order valence-electron chi connectivity index (χ4n) is 3.77. The molecule has 2 fully saturated rings. The number of aliphatic carboxylic acids is 1. The molecule has 3 rings (SSSR count). The van der Waals surface area contributed by atoms with Crippen molar-refractivity contribution in [1.29, 1.82) is 0 Å². The Labute approximate surface area is 125 Å². The Bertz CT molecular complexity index is 513. The summed E-state index contributed by atoms with van der Waals surface area (Å²) in [4.78, 5) is 13.4. The summed E-state index contributed by atoms with van der Waals surface area (Å²) in [6.45, 7) is 4.66. The van der Waals surface area contributed by atoms with Crippen LogP contribution in [0.3, 0.4) is 0 Å². The van der Waals surface area contributed by atoms with Gasteiger partial charge in [-0.15, -0.1) is 0 Å². The molecular weight excluding hydrogens is 266 g/mol. The van der Waals surface area contributed by atoms with Crippen LogP contribution in [0, 0.1) is 11.8 Å². The quantitative estimate of drug-likeness (QED) is 0.891. The van der Waals surface area contributed by atoms with E-state index in [0.717, 1.165) is 38.0 Å². The molecule has 1 aromatic carbocycles. The van der Waals surface area contributed by atoms with Crippen molar-refractivity contribution in [3.8, 4) is 0 Å². The summed E-state index contributed by atoms with van der Waals surface area (Å²) in [6.07, 6.45) is 2.00. The molecule has 21 heavy (non-hydrogen) atoms. The smallest absolute Gasteiger partial charge is 0.310 e. The van der Waals surface area contributed by atoms with E-state index >= 15 is 0 Å². The van der Waals surface area contributed by atoms with Gasteiger partial charge in [0.1, 0.15) is 0 Å². The van der Waals surface area contributed by atoms with E-state index in [1.165, 1.54) is 5.56 Å². The van der Waals surface area contributed by atoms with E-state index < -0.39 is 11.9 Å². The minimum absolute atomic E-state index is 0.112. The van der Waals surface area contributed by atoms with E-state index in [2.05, 4.69) is 4.90 Å². The molecule has 114 valence electrons. The van der Waals surface area contributed by atoms with Crippen molar-refractivity contribution in [3.05, 3.63) is 35.4 Å². The first kappa shape index (κ1) is 14.5. The van der Waals surface area contributed by atoms with Gasteiger partial charge < -0.3 is 10.2 Å². The SMILES string of the molecule is CC(C(=O)O)c1ccc(CN2CC3CCC(O)C3C2)cc1. The number of likely N-dealkylation sites (tertiary alicyclic amines) is 1. The number of hydrogen-bond donors (Lipinski definition) is 2. The highest BCUT2D eigenvalue weighted by Crippen LogP contribution is 2.38. The number of nitrogens with zero attached hydrogens (tertiary/aromatic N) is 1. The van der Waals surface area contributed by atoms with Crippen LogP contribution in [-0.2, 0) is 11.3 Å². The van der Waals surface area contributed by atoms with Crippen LogP contribution in [-0.4, -0.2) is 40.3 Å². The molecule has 1 saturated carbocycles. The molecule has 1 heterocycles. The minimum atomic E-state index is -0.788. The Balaban J connectivity index is 1.60. The first-order valence-electron chi connectivity index (χ1n) is 7.76. The second-order valence-electron chi connectivity index (χ2n) is 6.56. The predicted octanol–water partition coefficient (Wildman–Crippen LogP) is 2.08. The van der Waals surface area contributed by atoms with Crippen molar-refractivity contribution in [2.45, 2.75) is 38.3 Å². The van der Waals surface area contributed by atoms with Crippen LogP contribution in [0.5, 0.6) is 0 Å². The van der Waals surface area contributed by atoms with Gasteiger partial charge in [-0.05, 0) is 36.8 Å². The second-order valence-corrected chi connectivity index (χ2v) is 6.56. The topological polar surface area (TPSA) is 60.8 Å². The maximum absolute atomic E-state index is 11.0. The van der Waals surface area contributed by atoms with Gasteiger partial charge in [-0.3, -0.25) is 9.69 Å². The number of carboxylic acids is 1. The van der Waals surface area contributed by atoms with E-state index in [1.54, 1.807) is 6.92 Å². The number of carbonyl (C=O) groups is 1. The molecular formula is C17H23NO3. The fraction of sp³-hybridized carbons (Fsp3) is 0.588. The summed E-state index contributed by atoms with van der Waals surface area (Å²) in [6, 6.07) is 7.89. The van der Waals surface area contributed by atoms with Crippen LogP contribution in [0.15, 0.2) is 24.3 Å².